The number of carbonyl (C=O) groups is 2. The van der Waals surface area contributed by atoms with Crippen LogP contribution in [0.25, 0.3) is 33.5 Å². The van der Waals surface area contributed by atoms with Crippen LogP contribution in [0.15, 0.2) is 46.9 Å². The van der Waals surface area contributed by atoms with Gasteiger partial charge in [0.05, 0.1) is 15.6 Å². The van der Waals surface area contributed by atoms with Crippen LogP contribution in [0.4, 0.5) is 0 Å². The molecule has 0 saturated heterocycles. The quantitative estimate of drug-likeness (QED) is 0.233. The van der Waals surface area contributed by atoms with Gasteiger partial charge in [0.15, 0.2) is 0 Å². The Hall–Kier alpha value is -3.53. The fraction of sp³-hybridized carbons (Fsp3) is 0.414. The number of carboxylic acids is 1. The lowest BCUT2D eigenvalue weighted by Gasteiger charge is -2.34. The number of fused-ring (bicyclic) bond motifs is 1. The molecule has 0 spiro atoms. The van der Waals surface area contributed by atoms with Crippen molar-refractivity contribution < 1.29 is 14.7 Å². The van der Waals surface area contributed by atoms with Crippen molar-refractivity contribution >= 4 is 38.7 Å². The highest BCUT2D eigenvalue weighted by Crippen LogP contribution is 2.41. The van der Waals surface area contributed by atoms with Crippen molar-refractivity contribution in [2.45, 2.75) is 57.9 Å². The first-order chi connectivity index (χ1) is 18.9. The summed E-state index contributed by atoms with van der Waals surface area (Å²) in [5.41, 5.74) is 3.77. The number of benzene rings is 2. The molecule has 9 nitrogen and oxygen atoms in total. The Kier molecular flexibility index (Phi) is 6.97. The van der Waals surface area contributed by atoms with Crippen molar-refractivity contribution in [2.75, 3.05) is 6.54 Å². The average molecular weight is 592 g/mol. The summed E-state index contributed by atoms with van der Waals surface area (Å²) in [6.07, 6.45) is 6.95. The van der Waals surface area contributed by atoms with Crippen molar-refractivity contribution in [1.82, 2.24) is 30.5 Å². The van der Waals surface area contributed by atoms with Crippen LogP contribution in [0, 0.1) is 11.3 Å². The highest BCUT2D eigenvalue weighted by atomic mass is 79.9. The van der Waals surface area contributed by atoms with Gasteiger partial charge in [-0.25, -0.2) is 0 Å². The molecule has 0 unspecified atom stereocenters. The molecule has 2 aliphatic carbocycles. The summed E-state index contributed by atoms with van der Waals surface area (Å²) in [6.45, 7) is 0.667. The lowest BCUT2D eigenvalue weighted by molar-refractivity contribution is -0.152. The van der Waals surface area contributed by atoms with Crippen molar-refractivity contribution in [2.24, 2.45) is 11.3 Å². The number of aliphatic carboxylic acids is 1. The fourth-order valence-corrected chi connectivity index (χ4v) is 7.02. The van der Waals surface area contributed by atoms with Gasteiger partial charge in [-0.3, -0.25) is 9.59 Å². The predicted molar refractivity (Wildman–Crippen MR) is 151 cm³/mol. The van der Waals surface area contributed by atoms with Gasteiger partial charge >= 0.3 is 5.97 Å². The van der Waals surface area contributed by atoms with Crippen molar-refractivity contribution in [1.29, 1.82) is 0 Å². The Labute approximate surface area is 234 Å². The summed E-state index contributed by atoms with van der Waals surface area (Å²) in [6, 6.07) is 14.0. The molecule has 0 aliphatic heterocycles. The second kappa shape index (κ2) is 10.6. The molecule has 10 heteroatoms. The molecule has 2 aromatic carbocycles. The van der Waals surface area contributed by atoms with E-state index in [1.807, 2.05) is 41.3 Å². The number of tetrazole rings is 1. The zero-order chi connectivity index (χ0) is 27.0. The van der Waals surface area contributed by atoms with E-state index in [0.717, 1.165) is 76.3 Å². The molecule has 2 saturated carbocycles. The Morgan fingerprint density at radius 3 is 2.49 bits per heavy atom. The van der Waals surface area contributed by atoms with Crippen LogP contribution in [0.5, 0.6) is 0 Å². The molecule has 0 radical (unpaired) electrons. The van der Waals surface area contributed by atoms with E-state index in [1.54, 1.807) is 0 Å². The molecule has 1 amide bonds. The Bertz CT molecular complexity index is 1500. The standard InChI is InChI=1S/C29H31BrN6O3/c30-24-22-15-18(11-12-23(22)31-25(24)20-9-3-4-10-21(20)26-32-34-35-33-26)16-36(27(37)19-7-1-2-8-19)17-29(28(38)39)13-5-6-14-29/h3-4,9-12,15,19,31H,1-2,5-8,13-14,16-17H2,(H,38,39)(H,32,33,34,35). The van der Waals surface area contributed by atoms with E-state index in [2.05, 4.69) is 47.6 Å². The number of halogens is 1. The summed E-state index contributed by atoms with van der Waals surface area (Å²) >= 11 is 3.81. The Morgan fingerprint density at radius 2 is 1.79 bits per heavy atom. The monoisotopic (exact) mass is 590 g/mol. The van der Waals surface area contributed by atoms with E-state index in [0.29, 0.717) is 25.2 Å². The van der Waals surface area contributed by atoms with Crippen molar-refractivity contribution in [3.63, 3.8) is 0 Å². The minimum Gasteiger partial charge on any atom is -0.481 e. The highest BCUT2D eigenvalue weighted by Gasteiger charge is 2.44. The van der Waals surface area contributed by atoms with Crippen LogP contribution < -0.4 is 0 Å². The average Bonchev–Trinajstić information content (AvgIpc) is 3.77. The van der Waals surface area contributed by atoms with Gasteiger partial charge in [-0.05, 0) is 64.5 Å². The number of H-pyrrole nitrogens is 2. The molecule has 2 heterocycles. The molecule has 2 fully saturated rings. The van der Waals surface area contributed by atoms with Gasteiger partial charge in [0, 0.05) is 41.0 Å². The van der Waals surface area contributed by atoms with Crippen LogP contribution in [-0.4, -0.2) is 54.0 Å². The molecular formula is C29H31BrN6O3. The number of hydrogen-bond acceptors (Lipinski definition) is 5. The molecule has 6 rings (SSSR count). The number of carbonyl (C=O) groups excluding carboxylic acids is 1. The Morgan fingerprint density at radius 1 is 1.05 bits per heavy atom. The third kappa shape index (κ3) is 4.86. The van der Waals surface area contributed by atoms with E-state index in [-0.39, 0.29) is 18.4 Å². The van der Waals surface area contributed by atoms with Crippen molar-refractivity contribution in [3.8, 4) is 22.6 Å². The molecular weight excluding hydrogens is 560 g/mol. The van der Waals surface area contributed by atoms with Gasteiger partial charge in [0.1, 0.15) is 0 Å². The highest BCUT2D eigenvalue weighted by molar-refractivity contribution is 9.10. The third-order valence-electron chi connectivity index (χ3n) is 8.48. The molecule has 202 valence electrons. The van der Waals surface area contributed by atoms with Crippen LogP contribution >= 0.6 is 15.9 Å². The normalized spacial score (nSPS) is 17.2. The number of nitrogens with one attached hydrogen (secondary N) is 2. The number of rotatable bonds is 8. The molecule has 4 aromatic rings. The van der Waals surface area contributed by atoms with Gasteiger partial charge in [-0.2, -0.15) is 5.21 Å². The predicted octanol–water partition coefficient (Wildman–Crippen LogP) is 5.94. The lowest BCUT2D eigenvalue weighted by Crippen LogP contribution is -2.45. The van der Waals surface area contributed by atoms with E-state index < -0.39 is 11.4 Å². The second-order valence-corrected chi connectivity index (χ2v) is 11.7. The number of hydrogen-bond donors (Lipinski definition) is 3. The summed E-state index contributed by atoms with van der Waals surface area (Å²) in [7, 11) is 0. The van der Waals surface area contributed by atoms with Gasteiger partial charge in [-0.1, -0.05) is 56.0 Å². The number of carboxylic acid groups (broad SMARTS) is 1. The summed E-state index contributed by atoms with van der Waals surface area (Å²) in [5.74, 6) is -0.175. The largest absolute Gasteiger partial charge is 0.481 e. The molecule has 3 N–H and O–H groups in total. The third-order valence-corrected chi connectivity index (χ3v) is 9.30. The van der Waals surface area contributed by atoms with Gasteiger partial charge < -0.3 is 15.0 Å². The number of amides is 1. The van der Waals surface area contributed by atoms with Crippen LogP contribution in [0.2, 0.25) is 0 Å². The van der Waals surface area contributed by atoms with Gasteiger partial charge in [-0.15, -0.1) is 10.2 Å². The lowest BCUT2D eigenvalue weighted by atomic mass is 9.85. The number of aromatic nitrogens is 5. The molecule has 2 aliphatic rings. The SMILES string of the molecule is O=C(C1CCCC1)N(Cc1ccc2[nH]c(-c3ccccc3-c3nn[nH]n3)c(Br)c2c1)CC1(C(=O)O)CCCC1. The fourth-order valence-electron chi connectivity index (χ4n) is 6.38. The van der Waals surface area contributed by atoms with Crippen LogP contribution in [0.1, 0.15) is 56.9 Å². The van der Waals surface area contributed by atoms with Gasteiger partial charge in [0.25, 0.3) is 0 Å². The molecule has 0 bridgehead atoms. The Balaban J connectivity index is 1.34. The van der Waals surface area contributed by atoms with Crippen molar-refractivity contribution in [3.05, 3.63) is 52.5 Å². The van der Waals surface area contributed by atoms with E-state index in [4.69, 9.17) is 0 Å². The number of nitrogens with zero attached hydrogens (tertiary/aromatic N) is 4. The topological polar surface area (TPSA) is 128 Å². The molecule has 2 aromatic heterocycles. The molecule has 39 heavy (non-hydrogen) atoms. The maximum absolute atomic E-state index is 13.7. The first-order valence-electron chi connectivity index (χ1n) is 13.6. The first-order valence-corrected chi connectivity index (χ1v) is 14.4. The van der Waals surface area contributed by atoms with E-state index in [9.17, 15) is 14.7 Å². The van der Waals surface area contributed by atoms with Crippen LogP contribution in [-0.2, 0) is 16.1 Å². The maximum atomic E-state index is 13.7. The maximum Gasteiger partial charge on any atom is 0.311 e. The van der Waals surface area contributed by atoms with Crippen LogP contribution in [0.3, 0.4) is 0 Å². The van der Waals surface area contributed by atoms with E-state index >= 15 is 0 Å². The second-order valence-electron chi connectivity index (χ2n) is 10.9. The number of aromatic amines is 2. The summed E-state index contributed by atoms with van der Waals surface area (Å²) < 4.78 is 0.904. The zero-order valence-corrected chi connectivity index (χ0v) is 23.2. The summed E-state index contributed by atoms with van der Waals surface area (Å²) in [5, 5.41) is 25.7. The minimum absolute atomic E-state index is 0.00628. The smallest absolute Gasteiger partial charge is 0.311 e. The molecule has 0 atom stereocenters. The minimum atomic E-state index is -0.848. The van der Waals surface area contributed by atoms with Gasteiger partial charge in [0.2, 0.25) is 11.7 Å². The summed E-state index contributed by atoms with van der Waals surface area (Å²) in [4.78, 5) is 31.4. The van der Waals surface area contributed by atoms with E-state index in [1.165, 1.54) is 0 Å². The zero-order valence-electron chi connectivity index (χ0n) is 21.6. The first kappa shape index (κ1) is 25.7.